The lowest BCUT2D eigenvalue weighted by atomic mass is 10.1. The monoisotopic (exact) mass is 261 g/mol. The summed E-state index contributed by atoms with van der Waals surface area (Å²) in [6.07, 6.45) is -1.27. The molecule has 18 heavy (non-hydrogen) atoms. The third-order valence-corrected chi connectivity index (χ3v) is 2.54. The van der Waals surface area contributed by atoms with E-state index in [0.29, 0.717) is 6.61 Å². The number of hydrogen-bond acceptors (Lipinski definition) is 2. The molecule has 2 nitrogen and oxygen atoms in total. The fourth-order valence-corrected chi connectivity index (χ4v) is 1.58. The molecule has 0 aliphatic heterocycles. The predicted octanol–water partition coefficient (Wildman–Crippen LogP) is 3.92. The lowest BCUT2D eigenvalue weighted by Crippen LogP contribution is -2.18. The molecular weight excluding hydrogens is 243 g/mol. The molecule has 1 N–H and O–H groups in total. The summed E-state index contributed by atoms with van der Waals surface area (Å²) in [6, 6.07) is 5.50. The van der Waals surface area contributed by atoms with Crippen LogP contribution in [0, 0.1) is 0 Å². The van der Waals surface area contributed by atoms with Gasteiger partial charge in [0.25, 0.3) is 0 Å². The summed E-state index contributed by atoms with van der Waals surface area (Å²) in [5.74, 6) is 0. The van der Waals surface area contributed by atoms with E-state index in [9.17, 15) is 13.2 Å². The van der Waals surface area contributed by atoms with Crippen molar-refractivity contribution < 1.29 is 18.0 Å². The van der Waals surface area contributed by atoms with Crippen molar-refractivity contribution in [3.05, 3.63) is 35.4 Å². The minimum Gasteiger partial charge on any atom is -0.301 e. The van der Waals surface area contributed by atoms with Crippen LogP contribution in [0.3, 0.4) is 0 Å². The highest BCUT2D eigenvalue weighted by Gasteiger charge is 2.32. The number of hydroxylamine groups is 1. The van der Waals surface area contributed by atoms with E-state index in [1.807, 2.05) is 0 Å². The Morgan fingerprint density at radius 3 is 2.56 bits per heavy atom. The molecule has 0 saturated heterocycles. The molecule has 0 amide bonds. The SMILES string of the molecule is CCCCCONCc1ccccc1C(F)(F)F. The first-order valence-corrected chi connectivity index (χ1v) is 6.05. The fraction of sp³-hybridized carbons (Fsp3) is 0.538. The van der Waals surface area contributed by atoms with E-state index in [1.54, 1.807) is 6.07 Å². The largest absolute Gasteiger partial charge is 0.416 e. The lowest BCUT2D eigenvalue weighted by molar-refractivity contribution is -0.138. The van der Waals surface area contributed by atoms with Gasteiger partial charge in [0.05, 0.1) is 12.2 Å². The van der Waals surface area contributed by atoms with Gasteiger partial charge < -0.3 is 4.84 Å². The van der Waals surface area contributed by atoms with E-state index in [1.165, 1.54) is 12.1 Å². The Labute approximate surface area is 105 Å². The van der Waals surface area contributed by atoms with Gasteiger partial charge in [-0.15, -0.1) is 0 Å². The highest BCUT2D eigenvalue weighted by Crippen LogP contribution is 2.31. The molecule has 0 saturated carbocycles. The molecule has 0 atom stereocenters. The number of unbranched alkanes of at least 4 members (excludes halogenated alkanes) is 2. The van der Waals surface area contributed by atoms with Crippen molar-refractivity contribution in [3.63, 3.8) is 0 Å². The van der Waals surface area contributed by atoms with Gasteiger partial charge >= 0.3 is 6.18 Å². The molecule has 0 radical (unpaired) electrons. The van der Waals surface area contributed by atoms with Crippen LogP contribution in [0.15, 0.2) is 24.3 Å². The van der Waals surface area contributed by atoms with Crippen LogP contribution < -0.4 is 5.48 Å². The average molecular weight is 261 g/mol. The molecule has 5 heteroatoms. The zero-order chi connectivity index (χ0) is 13.4. The number of nitrogens with one attached hydrogen (secondary N) is 1. The van der Waals surface area contributed by atoms with Crippen molar-refractivity contribution in [1.82, 2.24) is 5.48 Å². The molecule has 0 spiro atoms. The Bertz CT molecular complexity index is 352. The molecule has 0 heterocycles. The van der Waals surface area contributed by atoms with Gasteiger partial charge in [-0.2, -0.15) is 18.7 Å². The van der Waals surface area contributed by atoms with Gasteiger partial charge in [-0.25, -0.2) is 0 Å². The van der Waals surface area contributed by atoms with Crippen LogP contribution in [-0.2, 0) is 17.6 Å². The van der Waals surface area contributed by atoms with Gasteiger partial charge in [0.15, 0.2) is 0 Å². The maximum atomic E-state index is 12.7. The standard InChI is InChI=1S/C13H18F3NO/c1-2-3-6-9-18-17-10-11-7-4-5-8-12(11)13(14,15)16/h4-5,7-8,17H,2-3,6,9-10H2,1H3. The number of rotatable bonds is 7. The predicted molar refractivity (Wildman–Crippen MR) is 63.8 cm³/mol. The lowest BCUT2D eigenvalue weighted by Gasteiger charge is -2.13. The number of benzene rings is 1. The van der Waals surface area contributed by atoms with Crippen molar-refractivity contribution in [2.75, 3.05) is 6.61 Å². The van der Waals surface area contributed by atoms with Gasteiger partial charge in [0.1, 0.15) is 0 Å². The summed E-state index contributed by atoms with van der Waals surface area (Å²) >= 11 is 0. The quantitative estimate of drug-likeness (QED) is 0.593. The normalized spacial score (nSPS) is 11.8. The zero-order valence-electron chi connectivity index (χ0n) is 10.4. The first kappa shape index (κ1) is 15.0. The average Bonchev–Trinajstić information content (AvgIpc) is 2.33. The second kappa shape index (κ2) is 7.38. The number of halogens is 3. The van der Waals surface area contributed by atoms with Crippen molar-refractivity contribution in [2.45, 2.75) is 38.9 Å². The first-order valence-electron chi connectivity index (χ1n) is 6.05. The van der Waals surface area contributed by atoms with E-state index < -0.39 is 11.7 Å². The van der Waals surface area contributed by atoms with Crippen LogP contribution >= 0.6 is 0 Å². The fourth-order valence-electron chi connectivity index (χ4n) is 1.58. The van der Waals surface area contributed by atoms with Crippen molar-refractivity contribution in [2.24, 2.45) is 0 Å². The molecule has 1 aromatic rings. The highest BCUT2D eigenvalue weighted by atomic mass is 19.4. The summed E-state index contributed by atoms with van der Waals surface area (Å²) in [7, 11) is 0. The van der Waals surface area contributed by atoms with Gasteiger partial charge in [-0.3, -0.25) is 0 Å². The van der Waals surface area contributed by atoms with Crippen LogP contribution in [0.1, 0.15) is 37.3 Å². The minimum atomic E-state index is -4.32. The summed E-state index contributed by atoms with van der Waals surface area (Å²) in [4.78, 5) is 5.09. The van der Waals surface area contributed by atoms with E-state index in [0.717, 1.165) is 25.3 Å². The van der Waals surface area contributed by atoms with Gasteiger partial charge in [0.2, 0.25) is 0 Å². The Morgan fingerprint density at radius 2 is 1.89 bits per heavy atom. The highest BCUT2D eigenvalue weighted by molar-refractivity contribution is 5.29. The second-order valence-corrected chi connectivity index (χ2v) is 4.03. The van der Waals surface area contributed by atoms with Crippen LogP contribution in [0.2, 0.25) is 0 Å². The Morgan fingerprint density at radius 1 is 1.17 bits per heavy atom. The molecule has 0 aliphatic rings. The topological polar surface area (TPSA) is 21.3 Å². The Hall–Kier alpha value is -1.07. The summed E-state index contributed by atoms with van der Waals surface area (Å²) in [5.41, 5.74) is 2.15. The second-order valence-electron chi connectivity index (χ2n) is 4.03. The van der Waals surface area contributed by atoms with Crippen molar-refractivity contribution in [3.8, 4) is 0 Å². The minimum absolute atomic E-state index is 0.0573. The molecule has 1 rings (SSSR count). The van der Waals surface area contributed by atoms with Gasteiger partial charge in [-0.05, 0) is 18.1 Å². The summed E-state index contributed by atoms with van der Waals surface area (Å²) in [5, 5.41) is 0. The molecule has 102 valence electrons. The first-order chi connectivity index (χ1) is 8.55. The number of hydrogen-bond donors (Lipinski definition) is 1. The van der Waals surface area contributed by atoms with E-state index in [2.05, 4.69) is 12.4 Å². The van der Waals surface area contributed by atoms with Crippen LogP contribution in [-0.4, -0.2) is 6.61 Å². The molecule has 0 aliphatic carbocycles. The van der Waals surface area contributed by atoms with E-state index in [4.69, 9.17) is 4.84 Å². The third kappa shape index (κ3) is 5.06. The van der Waals surface area contributed by atoms with Crippen molar-refractivity contribution in [1.29, 1.82) is 0 Å². The smallest absolute Gasteiger partial charge is 0.301 e. The van der Waals surface area contributed by atoms with Crippen LogP contribution in [0.5, 0.6) is 0 Å². The zero-order valence-corrected chi connectivity index (χ0v) is 10.4. The molecule has 0 unspecified atom stereocenters. The van der Waals surface area contributed by atoms with Crippen LogP contribution in [0.25, 0.3) is 0 Å². The Balaban J connectivity index is 2.43. The van der Waals surface area contributed by atoms with Crippen molar-refractivity contribution >= 4 is 0 Å². The number of alkyl halides is 3. The summed E-state index contributed by atoms with van der Waals surface area (Å²) in [6.45, 7) is 2.65. The molecule has 1 aromatic carbocycles. The summed E-state index contributed by atoms with van der Waals surface area (Å²) < 4.78 is 38.0. The molecule has 0 bridgehead atoms. The maximum Gasteiger partial charge on any atom is 0.416 e. The van der Waals surface area contributed by atoms with E-state index in [-0.39, 0.29) is 12.1 Å². The Kier molecular flexibility index (Phi) is 6.15. The van der Waals surface area contributed by atoms with E-state index >= 15 is 0 Å². The molecule has 0 fully saturated rings. The molecule has 0 aromatic heterocycles. The van der Waals surface area contributed by atoms with Gasteiger partial charge in [-0.1, -0.05) is 38.0 Å². The van der Waals surface area contributed by atoms with Crippen LogP contribution in [0.4, 0.5) is 13.2 Å². The third-order valence-electron chi connectivity index (χ3n) is 2.54. The molecular formula is C13H18F3NO. The maximum absolute atomic E-state index is 12.7. The van der Waals surface area contributed by atoms with Gasteiger partial charge in [0, 0.05) is 6.54 Å².